The van der Waals surface area contributed by atoms with Gasteiger partial charge in [-0.15, -0.1) is 0 Å². The second-order valence-corrected chi connectivity index (χ2v) is 9.70. The molecular weight excluding hydrogens is 513 g/mol. The van der Waals surface area contributed by atoms with Crippen LogP contribution in [0.15, 0.2) is 48.5 Å². The lowest BCUT2D eigenvalue weighted by molar-refractivity contribution is 0.0696. The third-order valence-electron chi connectivity index (χ3n) is 7.18. The molecule has 0 saturated carbocycles. The van der Waals surface area contributed by atoms with Crippen molar-refractivity contribution in [3.8, 4) is 17.7 Å². The highest BCUT2D eigenvalue weighted by Gasteiger charge is 2.24. The van der Waals surface area contributed by atoms with E-state index >= 15 is 0 Å². The topological polar surface area (TPSA) is 114 Å². The molecule has 3 heterocycles. The van der Waals surface area contributed by atoms with Gasteiger partial charge < -0.3 is 19.1 Å². The van der Waals surface area contributed by atoms with Gasteiger partial charge in [-0.05, 0) is 63.2 Å². The molecule has 1 aliphatic rings. The number of ether oxygens (including phenoxy) is 2. The lowest BCUT2D eigenvalue weighted by Crippen LogP contribution is -2.33. The van der Waals surface area contributed by atoms with Crippen molar-refractivity contribution in [1.82, 2.24) is 19.4 Å². The maximum atomic E-state index is 14.2. The molecule has 1 fully saturated rings. The van der Waals surface area contributed by atoms with E-state index < -0.39 is 18.3 Å². The summed E-state index contributed by atoms with van der Waals surface area (Å²) in [4.78, 5) is 23.3. The van der Waals surface area contributed by atoms with Crippen LogP contribution in [0.4, 0.5) is 4.39 Å². The monoisotopic (exact) mass is 545 g/mol. The number of aromatic carboxylic acids is 1. The zero-order valence-corrected chi connectivity index (χ0v) is 22.2. The standard InChI is InChI=1S/C30H30FN5O4/c1-3-39-26-15-22(30(37)38)14-25-29(26)34-27(35(25)2)17-36-11-9-20(10-12-36)24-5-4-6-28(33-24)40-18-21-8-7-19(16-32)13-23(21)31/h4-8,13-15,20H,3,9-12,17-18H2,1-2H3,(H,37,38)/i3D2. The Bertz CT molecular complexity index is 1670. The SMILES string of the molecule is [2H]C([2H])(C)Oc1cc(C(=O)O)cc2c1nc(CN1CCC(c3cccc(OCc4ccc(C#N)cc4F)n3)CC1)n2C. The summed E-state index contributed by atoms with van der Waals surface area (Å²) in [7, 11) is 1.81. The number of carboxylic acid groups (broad SMARTS) is 1. The maximum absolute atomic E-state index is 14.2. The maximum Gasteiger partial charge on any atom is 0.335 e. The first-order valence-electron chi connectivity index (χ1n) is 13.9. The van der Waals surface area contributed by atoms with Crippen molar-refractivity contribution in [1.29, 1.82) is 5.26 Å². The van der Waals surface area contributed by atoms with Crippen LogP contribution in [0.1, 0.15) is 61.4 Å². The number of likely N-dealkylation sites (tertiary alicyclic amines) is 1. The van der Waals surface area contributed by atoms with Crippen molar-refractivity contribution in [2.24, 2.45) is 7.05 Å². The van der Waals surface area contributed by atoms with E-state index in [1.807, 2.05) is 29.8 Å². The molecule has 0 bridgehead atoms. The van der Waals surface area contributed by atoms with Crippen molar-refractivity contribution in [2.45, 2.75) is 38.8 Å². The van der Waals surface area contributed by atoms with E-state index in [2.05, 4.69) is 9.88 Å². The van der Waals surface area contributed by atoms with Crippen molar-refractivity contribution in [3.63, 3.8) is 0 Å². The van der Waals surface area contributed by atoms with Crippen molar-refractivity contribution < 1.29 is 26.5 Å². The fraction of sp³-hybridized carbons (Fsp3) is 0.333. The average molecular weight is 546 g/mol. The minimum atomic E-state index is -2.00. The van der Waals surface area contributed by atoms with Gasteiger partial charge in [0.05, 0.1) is 38.6 Å². The fourth-order valence-corrected chi connectivity index (χ4v) is 4.97. The minimum Gasteiger partial charge on any atom is -0.492 e. The van der Waals surface area contributed by atoms with Crippen LogP contribution in [0.25, 0.3) is 11.0 Å². The summed E-state index contributed by atoms with van der Waals surface area (Å²) >= 11 is 0. The number of hydrogen-bond donors (Lipinski definition) is 1. The molecule has 5 rings (SSSR count). The Kier molecular flexibility index (Phi) is 7.19. The smallest absolute Gasteiger partial charge is 0.335 e. The molecule has 1 N–H and O–H groups in total. The lowest BCUT2D eigenvalue weighted by Gasteiger charge is -2.31. The van der Waals surface area contributed by atoms with E-state index in [1.165, 1.54) is 25.1 Å². The van der Waals surface area contributed by atoms with Gasteiger partial charge in [-0.25, -0.2) is 19.2 Å². The lowest BCUT2D eigenvalue weighted by atomic mass is 9.93. The van der Waals surface area contributed by atoms with Crippen LogP contribution < -0.4 is 9.47 Å². The van der Waals surface area contributed by atoms with Gasteiger partial charge in [0.1, 0.15) is 29.5 Å². The number of benzene rings is 2. The number of aromatic nitrogens is 3. The molecule has 0 atom stereocenters. The first-order valence-corrected chi connectivity index (χ1v) is 12.9. The first-order chi connectivity index (χ1) is 20.0. The zero-order valence-electron chi connectivity index (χ0n) is 24.2. The predicted octanol–water partition coefficient (Wildman–Crippen LogP) is 5.03. The number of carbonyl (C=O) groups is 1. The van der Waals surface area contributed by atoms with Crippen LogP contribution in [-0.4, -0.2) is 50.2 Å². The summed E-state index contributed by atoms with van der Waals surface area (Å²) < 4.78 is 42.8. The summed E-state index contributed by atoms with van der Waals surface area (Å²) in [6, 6.07) is 14.6. The quantitative estimate of drug-likeness (QED) is 0.311. The van der Waals surface area contributed by atoms with E-state index in [4.69, 9.17) is 22.5 Å². The van der Waals surface area contributed by atoms with Crippen LogP contribution in [0, 0.1) is 17.1 Å². The molecular formula is C30H30FN5O4. The van der Waals surface area contributed by atoms with Crippen LogP contribution in [0.5, 0.6) is 11.6 Å². The van der Waals surface area contributed by atoms with Crippen molar-refractivity contribution >= 4 is 17.0 Å². The number of aryl methyl sites for hydroxylation is 1. The minimum absolute atomic E-state index is 0.00198. The molecule has 9 nitrogen and oxygen atoms in total. The molecule has 0 amide bonds. The summed E-state index contributed by atoms with van der Waals surface area (Å²) in [5.41, 5.74) is 2.49. The molecule has 2 aromatic carbocycles. The van der Waals surface area contributed by atoms with Gasteiger partial charge in [0.25, 0.3) is 0 Å². The van der Waals surface area contributed by atoms with Crippen LogP contribution in [0.3, 0.4) is 0 Å². The van der Waals surface area contributed by atoms with Gasteiger partial charge in [-0.2, -0.15) is 5.26 Å². The molecule has 206 valence electrons. The van der Waals surface area contributed by atoms with Gasteiger partial charge in [0, 0.05) is 30.3 Å². The number of hydrogen-bond acceptors (Lipinski definition) is 7. The highest BCUT2D eigenvalue weighted by Crippen LogP contribution is 2.31. The molecule has 1 aliphatic heterocycles. The number of halogens is 1. The summed E-state index contributed by atoms with van der Waals surface area (Å²) in [6.07, 6.45) is 1.72. The molecule has 1 saturated heterocycles. The molecule has 0 spiro atoms. The molecule has 0 unspecified atom stereocenters. The number of carboxylic acids is 1. The zero-order chi connectivity index (χ0) is 30.0. The molecule has 40 heavy (non-hydrogen) atoms. The molecule has 0 radical (unpaired) electrons. The Morgan fingerprint density at radius 3 is 2.70 bits per heavy atom. The third-order valence-corrected chi connectivity index (χ3v) is 7.18. The van der Waals surface area contributed by atoms with Gasteiger partial charge in [-0.1, -0.05) is 12.1 Å². The number of nitriles is 1. The second-order valence-electron chi connectivity index (χ2n) is 9.70. The van der Waals surface area contributed by atoms with Gasteiger partial charge in [-0.3, -0.25) is 4.90 Å². The molecule has 0 aliphatic carbocycles. The van der Waals surface area contributed by atoms with E-state index in [0.717, 1.165) is 37.4 Å². The Balaban J connectivity index is 1.24. The number of nitrogens with zero attached hydrogens (tertiary/aromatic N) is 5. The van der Waals surface area contributed by atoms with Crippen molar-refractivity contribution in [2.75, 3.05) is 19.6 Å². The Morgan fingerprint density at radius 2 is 2.00 bits per heavy atom. The normalized spacial score (nSPS) is 15.3. The van der Waals surface area contributed by atoms with Gasteiger partial charge in [0.2, 0.25) is 5.88 Å². The Morgan fingerprint density at radius 1 is 1.20 bits per heavy atom. The highest BCUT2D eigenvalue weighted by molar-refractivity contribution is 5.95. The number of piperidine rings is 1. The number of imidazole rings is 1. The van der Waals surface area contributed by atoms with Crippen molar-refractivity contribution in [3.05, 3.63) is 82.6 Å². The third kappa shape index (κ3) is 5.75. The van der Waals surface area contributed by atoms with Crippen LogP contribution in [0.2, 0.25) is 0 Å². The summed E-state index contributed by atoms with van der Waals surface area (Å²) in [6.45, 7) is 1.38. The van der Waals surface area contributed by atoms with Gasteiger partial charge in [0.15, 0.2) is 0 Å². The van der Waals surface area contributed by atoms with Crippen LogP contribution >= 0.6 is 0 Å². The largest absolute Gasteiger partial charge is 0.492 e. The molecule has 10 heteroatoms. The Hall–Kier alpha value is -4.49. The van der Waals surface area contributed by atoms with Gasteiger partial charge >= 0.3 is 5.97 Å². The molecule has 2 aromatic heterocycles. The molecule has 4 aromatic rings. The Labute approximate surface area is 234 Å². The number of fused-ring (bicyclic) bond motifs is 1. The number of rotatable bonds is 9. The summed E-state index contributed by atoms with van der Waals surface area (Å²) in [5, 5.41) is 18.5. The highest BCUT2D eigenvalue weighted by atomic mass is 19.1. The van der Waals surface area contributed by atoms with E-state index in [-0.39, 0.29) is 29.4 Å². The number of pyridine rings is 1. The summed E-state index contributed by atoms with van der Waals surface area (Å²) in [5.74, 6) is -0.178. The second kappa shape index (κ2) is 11.7. The van der Waals surface area contributed by atoms with E-state index in [9.17, 15) is 14.3 Å². The van der Waals surface area contributed by atoms with E-state index in [1.54, 1.807) is 18.2 Å². The fourth-order valence-electron chi connectivity index (χ4n) is 4.97. The predicted molar refractivity (Wildman–Crippen MR) is 146 cm³/mol. The van der Waals surface area contributed by atoms with Crippen LogP contribution in [-0.2, 0) is 20.2 Å². The first kappa shape index (κ1) is 24.5. The average Bonchev–Trinajstić information content (AvgIpc) is 3.27. The van der Waals surface area contributed by atoms with E-state index in [0.29, 0.717) is 29.0 Å².